The van der Waals surface area contributed by atoms with Crippen molar-refractivity contribution in [3.05, 3.63) is 97.2 Å². The number of carbonyl (C=O) groups is 2. The molecule has 0 aliphatic heterocycles. The highest BCUT2D eigenvalue weighted by Crippen LogP contribution is 2.14. The Bertz CT molecular complexity index is 1190. The van der Waals surface area contributed by atoms with Crippen molar-refractivity contribution >= 4 is 11.9 Å². The lowest BCUT2D eigenvalue weighted by Gasteiger charge is -2.15. The lowest BCUT2D eigenvalue weighted by atomic mass is 10.0. The molecule has 0 aliphatic carbocycles. The van der Waals surface area contributed by atoms with Gasteiger partial charge in [-0.25, -0.2) is 0 Å². The number of aliphatic hydroxyl groups excluding tert-OH is 1. The molecule has 5 nitrogen and oxygen atoms in total. The van der Waals surface area contributed by atoms with Crippen molar-refractivity contribution in [1.29, 1.82) is 0 Å². The van der Waals surface area contributed by atoms with E-state index in [1.807, 2.05) is 0 Å². The summed E-state index contributed by atoms with van der Waals surface area (Å²) in [7, 11) is 0. The van der Waals surface area contributed by atoms with Crippen molar-refractivity contribution in [3.8, 4) is 0 Å². The van der Waals surface area contributed by atoms with Gasteiger partial charge in [-0.2, -0.15) is 0 Å². The van der Waals surface area contributed by atoms with Gasteiger partial charge in [-0.3, -0.25) is 9.59 Å². The van der Waals surface area contributed by atoms with E-state index in [9.17, 15) is 14.7 Å². The van der Waals surface area contributed by atoms with E-state index in [0.717, 1.165) is 89.9 Å². The molecule has 1 N–H and O–H groups in total. The fraction of sp³-hybridized carbons (Fsp3) is 0.679. The number of unbranched alkanes of at least 4 members (excludes halogenated alkanes) is 21. The quantitative estimate of drug-likeness (QED) is 0.0375. The molecule has 5 heteroatoms. The van der Waals surface area contributed by atoms with Gasteiger partial charge in [0.2, 0.25) is 0 Å². The average molecular weight is 847 g/mol. The van der Waals surface area contributed by atoms with E-state index >= 15 is 0 Å². The minimum absolute atomic E-state index is 0.0760. The predicted octanol–water partition coefficient (Wildman–Crippen LogP) is 16.8. The number of carbonyl (C=O) groups excluding carboxylic acids is 2. The summed E-state index contributed by atoms with van der Waals surface area (Å²) in [5.41, 5.74) is 0. The molecule has 0 heterocycles. The highest BCUT2D eigenvalue weighted by Gasteiger charge is 2.16. The first kappa shape index (κ1) is 57.8. The Kier molecular flexibility index (Phi) is 48.5. The van der Waals surface area contributed by atoms with E-state index in [1.165, 1.54) is 109 Å². The van der Waals surface area contributed by atoms with Gasteiger partial charge in [0, 0.05) is 12.8 Å². The molecular weight excluding hydrogens is 753 g/mol. The van der Waals surface area contributed by atoms with Crippen LogP contribution in [0.3, 0.4) is 0 Å². The highest BCUT2D eigenvalue weighted by molar-refractivity contribution is 5.70. The van der Waals surface area contributed by atoms with Crippen LogP contribution in [0.2, 0.25) is 0 Å². The minimum Gasteiger partial charge on any atom is -0.462 e. The molecule has 0 saturated heterocycles. The van der Waals surface area contributed by atoms with Crippen LogP contribution in [0.15, 0.2) is 97.2 Å². The van der Waals surface area contributed by atoms with Crippen molar-refractivity contribution < 1.29 is 24.2 Å². The summed E-state index contributed by atoms with van der Waals surface area (Å²) in [4.78, 5) is 24.4. The Morgan fingerprint density at radius 3 is 1.07 bits per heavy atom. The summed E-state index contributed by atoms with van der Waals surface area (Å²) >= 11 is 0. The van der Waals surface area contributed by atoms with Crippen LogP contribution in [0.4, 0.5) is 0 Å². The molecule has 0 amide bonds. The second kappa shape index (κ2) is 51.2. The molecule has 1 unspecified atom stereocenters. The van der Waals surface area contributed by atoms with Crippen LogP contribution in [0.5, 0.6) is 0 Å². The minimum atomic E-state index is -0.784. The molecule has 0 radical (unpaired) electrons. The first-order valence-electron chi connectivity index (χ1n) is 25.3. The fourth-order valence-electron chi connectivity index (χ4n) is 6.82. The molecule has 0 aromatic carbocycles. The Balaban J connectivity index is 3.57. The van der Waals surface area contributed by atoms with E-state index in [0.29, 0.717) is 12.8 Å². The van der Waals surface area contributed by atoms with Gasteiger partial charge in [0.15, 0.2) is 6.10 Å². The van der Waals surface area contributed by atoms with Gasteiger partial charge in [-0.15, -0.1) is 0 Å². The topological polar surface area (TPSA) is 72.8 Å². The van der Waals surface area contributed by atoms with Crippen molar-refractivity contribution in [2.75, 3.05) is 13.2 Å². The summed E-state index contributed by atoms with van der Waals surface area (Å²) in [6, 6.07) is 0. The van der Waals surface area contributed by atoms with Gasteiger partial charge < -0.3 is 14.6 Å². The lowest BCUT2D eigenvalue weighted by Crippen LogP contribution is -2.28. The molecule has 0 aliphatic rings. The Morgan fingerprint density at radius 1 is 0.393 bits per heavy atom. The van der Waals surface area contributed by atoms with E-state index in [4.69, 9.17) is 9.47 Å². The summed E-state index contributed by atoms with van der Waals surface area (Å²) in [6.45, 7) is 4.00. The molecule has 0 fully saturated rings. The molecule has 0 rings (SSSR count). The molecule has 0 bridgehead atoms. The van der Waals surface area contributed by atoms with Gasteiger partial charge in [0.05, 0.1) is 6.61 Å². The normalized spacial score (nSPS) is 13.0. The molecular formula is C56H94O5. The van der Waals surface area contributed by atoms with E-state index in [1.54, 1.807) is 0 Å². The van der Waals surface area contributed by atoms with Crippen molar-refractivity contribution in [3.63, 3.8) is 0 Å². The molecule has 61 heavy (non-hydrogen) atoms. The fourth-order valence-corrected chi connectivity index (χ4v) is 6.82. The van der Waals surface area contributed by atoms with Crippen LogP contribution in [-0.4, -0.2) is 36.4 Å². The van der Waals surface area contributed by atoms with Gasteiger partial charge in [-0.1, -0.05) is 214 Å². The van der Waals surface area contributed by atoms with Crippen molar-refractivity contribution in [2.24, 2.45) is 0 Å². The summed E-state index contributed by atoms with van der Waals surface area (Å²) in [6.07, 6.45) is 72.0. The van der Waals surface area contributed by atoms with Crippen LogP contribution < -0.4 is 0 Å². The predicted molar refractivity (Wildman–Crippen MR) is 265 cm³/mol. The zero-order valence-corrected chi connectivity index (χ0v) is 39.6. The number of hydrogen-bond acceptors (Lipinski definition) is 5. The first-order valence-corrected chi connectivity index (χ1v) is 25.3. The van der Waals surface area contributed by atoms with E-state index < -0.39 is 6.10 Å². The van der Waals surface area contributed by atoms with Crippen LogP contribution in [0.1, 0.15) is 226 Å². The highest BCUT2D eigenvalue weighted by atomic mass is 16.6. The maximum Gasteiger partial charge on any atom is 0.306 e. The lowest BCUT2D eigenvalue weighted by molar-refractivity contribution is -0.161. The van der Waals surface area contributed by atoms with E-state index in [-0.39, 0.29) is 25.2 Å². The third kappa shape index (κ3) is 49.4. The van der Waals surface area contributed by atoms with Crippen molar-refractivity contribution in [1.82, 2.24) is 0 Å². The molecule has 1 atom stereocenters. The second-order valence-electron chi connectivity index (χ2n) is 16.5. The van der Waals surface area contributed by atoms with Crippen LogP contribution in [0, 0.1) is 0 Å². The molecule has 348 valence electrons. The average Bonchev–Trinajstić information content (AvgIpc) is 3.26. The maximum absolute atomic E-state index is 12.3. The van der Waals surface area contributed by atoms with E-state index in [2.05, 4.69) is 111 Å². The van der Waals surface area contributed by atoms with Gasteiger partial charge >= 0.3 is 11.9 Å². The molecule has 0 aromatic heterocycles. The zero-order chi connectivity index (χ0) is 44.2. The number of hydrogen-bond donors (Lipinski definition) is 1. The molecule has 0 aromatic rings. The third-order valence-electron chi connectivity index (χ3n) is 10.6. The third-order valence-corrected chi connectivity index (χ3v) is 10.6. The Labute approximate surface area is 377 Å². The van der Waals surface area contributed by atoms with Crippen LogP contribution >= 0.6 is 0 Å². The number of ether oxygens (including phenoxy) is 2. The first-order chi connectivity index (χ1) is 30.1. The number of rotatable bonds is 45. The monoisotopic (exact) mass is 847 g/mol. The van der Waals surface area contributed by atoms with Crippen LogP contribution in [-0.2, 0) is 19.1 Å². The summed E-state index contributed by atoms with van der Waals surface area (Å²) in [5.74, 6) is -0.607. The molecule has 0 saturated carbocycles. The van der Waals surface area contributed by atoms with Crippen LogP contribution in [0.25, 0.3) is 0 Å². The summed E-state index contributed by atoms with van der Waals surface area (Å²) < 4.78 is 10.7. The Morgan fingerprint density at radius 2 is 0.705 bits per heavy atom. The van der Waals surface area contributed by atoms with Gasteiger partial charge in [0.25, 0.3) is 0 Å². The second-order valence-corrected chi connectivity index (χ2v) is 16.5. The smallest absolute Gasteiger partial charge is 0.306 e. The van der Waals surface area contributed by atoms with Gasteiger partial charge in [0.1, 0.15) is 6.61 Å². The largest absolute Gasteiger partial charge is 0.462 e. The number of aliphatic hydroxyl groups is 1. The summed E-state index contributed by atoms with van der Waals surface area (Å²) in [5, 5.41) is 9.62. The van der Waals surface area contributed by atoms with Crippen molar-refractivity contribution in [2.45, 2.75) is 232 Å². The zero-order valence-electron chi connectivity index (χ0n) is 39.6. The number of allylic oxidation sites excluding steroid dienone is 16. The standard InChI is InChI=1S/C56H94O5/c1-3-5-7-9-11-13-15-17-19-21-23-24-25-26-27-28-29-30-31-32-33-35-37-39-41-43-45-47-49-51-56(59)61-54(52-57)53-60-55(58)50-48-46-44-42-40-38-36-34-22-20-18-16-14-12-10-8-6-4-2/h5,7,11,13-14,16-17,19-20,22-24,26-27,29-30,54,57H,3-4,6,8-10,12,15,18,21,25,28,31-53H2,1-2H3/b7-5-,13-11-,16-14-,19-17-,22-20-,24-23-,27-26-,30-29-. The SMILES string of the molecule is CC/C=C\C/C=C\C/C=C\C/C=C\C/C=C\C/C=C\CCCCCCCCCCCCC(=O)OC(CO)COC(=O)CCCCCCCCC/C=C\C/C=C\CCCCCC. The maximum atomic E-state index is 12.3. The number of esters is 2. The van der Waals surface area contributed by atoms with Gasteiger partial charge in [-0.05, 0) is 96.3 Å². The Hall–Kier alpha value is -3.18. The molecule has 0 spiro atoms.